The normalized spacial score (nSPS) is 30.6. The van der Waals surface area contributed by atoms with Gasteiger partial charge < -0.3 is 9.73 Å². The molecule has 9 heteroatoms. The molecule has 4 aliphatic carbocycles. The molecule has 4 aliphatic rings. The number of carbonyl (C=O) groups excluding carboxylic acids is 2. The molecule has 9 nitrogen and oxygen atoms in total. The summed E-state index contributed by atoms with van der Waals surface area (Å²) in [5.74, 6) is 1.18. The zero-order chi connectivity index (χ0) is 21.5. The van der Waals surface area contributed by atoms with Gasteiger partial charge in [-0.15, -0.1) is 0 Å². The summed E-state index contributed by atoms with van der Waals surface area (Å²) < 4.78 is 4.97. The van der Waals surface area contributed by atoms with Crippen LogP contribution in [0.15, 0.2) is 21.7 Å². The van der Waals surface area contributed by atoms with Gasteiger partial charge in [-0.25, -0.2) is 5.43 Å². The van der Waals surface area contributed by atoms with E-state index in [1.165, 1.54) is 37.6 Å². The van der Waals surface area contributed by atoms with Gasteiger partial charge in [-0.2, -0.15) is 5.10 Å². The molecule has 2 N–H and O–H groups in total. The Balaban J connectivity index is 1.38. The summed E-state index contributed by atoms with van der Waals surface area (Å²) in [5, 5.41) is 17.5. The van der Waals surface area contributed by atoms with Crippen LogP contribution in [-0.2, 0) is 9.59 Å². The maximum absolute atomic E-state index is 13.3. The molecule has 0 radical (unpaired) electrons. The molecule has 30 heavy (non-hydrogen) atoms. The third kappa shape index (κ3) is 3.97. The molecule has 162 valence electrons. The van der Waals surface area contributed by atoms with Gasteiger partial charge >= 0.3 is 5.88 Å². The number of nitrogens with zero attached hydrogens (tertiary/aromatic N) is 2. The second kappa shape index (κ2) is 7.85. The summed E-state index contributed by atoms with van der Waals surface area (Å²) in [5.41, 5.74) is 2.10. The Morgan fingerprint density at radius 2 is 1.80 bits per heavy atom. The second-order valence-corrected chi connectivity index (χ2v) is 9.56. The van der Waals surface area contributed by atoms with E-state index in [1.807, 2.05) is 13.8 Å². The number of hydrogen-bond donors (Lipinski definition) is 2. The molecular weight excluding hydrogens is 388 g/mol. The van der Waals surface area contributed by atoms with Gasteiger partial charge in [0.15, 0.2) is 5.76 Å². The average molecular weight is 416 g/mol. The molecule has 2 amide bonds. The van der Waals surface area contributed by atoms with Gasteiger partial charge in [-0.3, -0.25) is 19.7 Å². The number of carbonyl (C=O) groups is 2. The highest BCUT2D eigenvalue weighted by atomic mass is 16.6. The minimum Gasteiger partial charge on any atom is -0.400 e. The third-order valence-electron chi connectivity index (χ3n) is 6.91. The first-order valence-electron chi connectivity index (χ1n) is 10.6. The molecule has 0 unspecified atom stereocenters. The summed E-state index contributed by atoms with van der Waals surface area (Å²) in [6, 6.07) is 1.91. The van der Waals surface area contributed by atoms with Gasteiger partial charge in [0.2, 0.25) is 5.91 Å². The summed E-state index contributed by atoms with van der Waals surface area (Å²) in [6.45, 7) is 3.76. The number of furan rings is 1. The number of rotatable bonds is 7. The molecule has 4 bridgehead atoms. The van der Waals surface area contributed by atoms with Gasteiger partial charge in [0, 0.05) is 5.41 Å². The smallest absolute Gasteiger partial charge is 0.400 e. The van der Waals surface area contributed by atoms with E-state index in [2.05, 4.69) is 15.8 Å². The van der Waals surface area contributed by atoms with E-state index in [4.69, 9.17) is 4.42 Å². The van der Waals surface area contributed by atoms with Crippen LogP contribution in [-0.4, -0.2) is 29.0 Å². The van der Waals surface area contributed by atoms with Gasteiger partial charge in [-0.1, -0.05) is 13.8 Å². The minimum atomic E-state index is -0.700. The van der Waals surface area contributed by atoms with Crippen LogP contribution in [0, 0.1) is 39.2 Å². The van der Waals surface area contributed by atoms with Gasteiger partial charge in [0.25, 0.3) is 5.91 Å². The van der Waals surface area contributed by atoms with Crippen LogP contribution in [0.3, 0.4) is 0 Å². The molecule has 0 spiro atoms. The molecule has 0 aromatic carbocycles. The summed E-state index contributed by atoms with van der Waals surface area (Å²) in [4.78, 5) is 35.9. The van der Waals surface area contributed by atoms with Crippen molar-refractivity contribution in [1.29, 1.82) is 0 Å². The lowest BCUT2D eigenvalue weighted by Gasteiger charge is -2.55. The van der Waals surface area contributed by atoms with Crippen molar-refractivity contribution < 1.29 is 18.9 Å². The molecular formula is C21H28N4O5. The monoisotopic (exact) mass is 416 g/mol. The Bertz CT molecular complexity index is 839. The summed E-state index contributed by atoms with van der Waals surface area (Å²) in [6.07, 6.45) is 7.76. The van der Waals surface area contributed by atoms with E-state index >= 15 is 0 Å². The predicted octanol–water partition coefficient (Wildman–Crippen LogP) is 3.00. The topological polar surface area (TPSA) is 127 Å². The maximum atomic E-state index is 13.3. The highest BCUT2D eigenvalue weighted by molar-refractivity contribution is 5.91. The lowest BCUT2D eigenvalue weighted by molar-refractivity contribution is -0.402. The zero-order valence-corrected chi connectivity index (χ0v) is 17.3. The molecule has 0 aliphatic heterocycles. The molecule has 1 heterocycles. The predicted molar refractivity (Wildman–Crippen MR) is 108 cm³/mol. The summed E-state index contributed by atoms with van der Waals surface area (Å²) >= 11 is 0. The van der Waals surface area contributed by atoms with E-state index in [1.54, 1.807) is 0 Å². The fourth-order valence-corrected chi connectivity index (χ4v) is 5.96. The Morgan fingerprint density at radius 3 is 2.30 bits per heavy atom. The Kier molecular flexibility index (Phi) is 5.38. The van der Waals surface area contributed by atoms with E-state index in [-0.39, 0.29) is 23.0 Å². The van der Waals surface area contributed by atoms with E-state index in [9.17, 15) is 19.7 Å². The molecule has 1 aromatic heterocycles. The maximum Gasteiger partial charge on any atom is 0.433 e. The number of amides is 2. The van der Waals surface area contributed by atoms with Crippen LogP contribution in [0.1, 0.15) is 58.1 Å². The van der Waals surface area contributed by atoms with Crippen molar-refractivity contribution in [3.63, 3.8) is 0 Å². The average Bonchev–Trinajstić information content (AvgIpc) is 3.13. The van der Waals surface area contributed by atoms with E-state index in [0.29, 0.717) is 17.8 Å². The van der Waals surface area contributed by atoms with Crippen molar-refractivity contribution in [3.8, 4) is 0 Å². The zero-order valence-electron chi connectivity index (χ0n) is 17.3. The van der Waals surface area contributed by atoms with Crippen molar-refractivity contribution in [2.75, 3.05) is 0 Å². The van der Waals surface area contributed by atoms with E-state index in [0.717, 1.165) is 19.3 Å². The Hall–Kier alpha value is -2.71. The van der Waals surface area contributed by atoms with Gasteiger partial charge in [-0.05, 0) is 68.3 Å². The Labute approximate surface area is 174 Å². The highest BCUT2D eigenvalue weighted by Crippen LogP contribution is 2.60. The van der Waals surface area contributed by atoms with Crippen LogP contribution in [0.4, 0.5) is 5.88 Å². The van der Waals surface area contributed by atoms with Crippen LogP contribution in [0.5, 0.6) is 0 Å². The van der Waals surface area contributed by atoms with Crippen LogP contribution >= 0.6 is 0 Å². The molecule has 4 saturated carbocycles. The molecule has 0 saturated heterocycles. The molecule has 1 atom stereocenters. The molecule has 1 aromatic rings. The lowest BCUT2D eigenvalue weighted by atomic mass is 9.49. The number of hydrogen-bond acceptors (Lipinski definition) is 6. The standard InChI is InChI=1S/C21H28N4O5/c1-12(2)18(19(26)24-22-11-16-3-4-17(30-16)25(28)29)23-20(27)21-8-13-5-14(9-21)7-15(6-13)10-21/h3-4,11-15,18H,5-10H2,1-2H3,(H,23,27)(H,24,26)/b22-11-/t13?,14?,15?,18-,21?/m1/s1. The first-order chi connectivity index (χ1) is 14.3. The van der Waals surface area contributed by atoms with Crippen molar-refractivity contribution >= 4 is 23.9 Å². The number of nitrogens with one attached hydrogen (secondary N) is 2. The first kappa shape index (κ1) is 20.6. The fraction of sp³-hybridized carbons (Fsp3) is 0.667. The molecule has 5 rings (SSSR count). The SMILES string of the molecule is CC(C)[C@@H](NC(=O)C12CC3CC(CC(C3)C1)C2)C(=O)N/N=C\c1ccc([N+](=O)[O-])o1. The summed E-state index contributed by atoms with van der Waals surface area (Å²) in [7, 11) is 0. The minimum absolute atomic E-state index is 0.00101. The van der Waals surface area contributed by atoms with Crippen molar-refractivity contribution in [1.82, 2.24) is 10.7 Å². The fourth-order valence-electron chi connectivity index (χ4n) is 5.96. The quantitative estimate of drug-likeness (QED) is 0.401. The van der Waals surface area contributed by atoms with Crippen molar-refractivity contribution in [2.24, 2.45) is 34.2 Å². The molecule has 4 fully saturated rings. The highest BCUT2D eigenvalue weighted by Gasteiger charge is 2.55. The van der Waals surface area contributed by atoms with Crippen LogP contribution < -0.4 is 10.7 Å². The van der Waals surface area contributed by atoms with Crippen LogP contribution in [0.25, 0.3) is 0 Å². The lowest BCUT2D eigenvalue weighted by Crippen LogP contribution is -2.58. The van der Waals surface area contributed by atoms with Crippen LogP contribution in [0.2, 0.25) is 0 Å². The number of nitro groups is 1. The first-order valence-corrected chi connectivity index (χ1v) is 10.6. The van der Waals surface area contributed by atoms with Crippen molar-refractivity contribution in [3.05, 3.63) is 28.0 Å². The Morgan fingerprint density at radius 1 is 1.20 bits per heavy atom. The number of hydrazone groups is 1. The van der Waals surface area contributed by atoms with E-state index < -0.39 is 22.8 Å². The van der Waals surface area contributed by atoms with Gasteiger partial charge in [0.05, 0.1) is 12.3 Å². The third-order valence-corrected chi connectivity index (χ3v) is 6.91. The van der Waals surface area contributed by atoms with Gasteiger partial charge in [0.1, 0.15) is 11.0 Å². The second-order valence-electron chi connectivity index (χ2n) is 9.56. The largest absolute Gasteiger partial charge is 0.433 e. The van der Waals surface area contributed by atoms with Crippen molar-refractivity contribution in [2.45, 2.75) is 58.4 Å².